The molecule has 2 aliphatic heterocycles. The maximum atomic E-state index is 6.42. The molecule has 0 atom stereocenters. The first-order valence-corrected chi connectivity index (χ1v) is 6.77. The first kappa shape index (κ1) is 11.8. The van der Waals surface area contributed by atoms with E-state index in [-0.39, 0.29) is 6.15 Å². The van der Waals surface area contributed by atoms with Crippen molar-refractivity contribution in [2.45, 2.75) is 38.5 Å². The molecule has 1 radical (unpaired) electrons. The second kappa shape index (κ2) is 6.17. The van der Waals surface area contributed by atoms with Crippen LogP contribution in [0.3, 0.4) is 0 Å². The van der Waals surface area contributed by atoms with Crippen molar-refractivity contribution in [2.75, 3.05) is 26.2 Å². The van der Waals surface area contributed by atoms with E-state index in [9.17, 15) is 0 Å². The maximum absolute atomic E-state index is 6.42. The highest BCUT2D eigenvalue weighted by Gasteiger charge is 2.26. The van der Waals surface area contributed by atoms with Crippen molar-refractivity contribution in [1.82, 2.24) is 9.62 Å². The Morgan fingerprint density at radius 1 is 0.800 bits per heavy atom. The maximum Gasteiger partial charge on any atom is 0.306 e. The summed E-state index contributed by atoms with van der Waals surface area (Å²) >= 11 is 6.42. The van der Waals surface area contributed by atoms with Gasteiger partial charge in [0.2, 0.25) is 7.31 Å². The summed E-state index contributed by atoms with van der Waals surface area (Å²) < 4.78 is 0. The molecule has 15 heavy (non-hydrogen) atoms. The SMILES string of the molecule is ClB([B]N1CCCCC1)N1CCCCC1. The Labute approximate surface area is 99.6 Å². The Bertz CT molecular complexity index is 182. The van der Waals surface area contributed by atoms with Crippen LogP contribution >= 0.6 is 11.5 Å². The van der Waals surface area contributed by atoms with Gasteiger partial charge in [0.15, 0.2) is 0 Å². The quantitative estimate of drug-likeness (QED) is 0.676. The zero-order valence-corrected chi connectivity index (χ0v) is 10.3. The largest absolute Gasteiger partial charge is 0.351 e. The molecule has 2 saturated heterocycles. The van der Waals surface area contributed by atoms with E-state index >= 15 is 0 Å². The highest BCUT2D eigenvalue weighted by molar-refractivity contribution is 7.34. The van der Waals surface area contributed by atoms with Crippen LogP contribution in [0.15, 0.2) is 0 Å². The Morgan fingerprint density at radius 2 is 1.33 bits per heavy atom. The van der Waals surface area contributed by atoms with Gasteiger partial charge in [-0.3, -0.25) is 0 Å². The molecule has 0 amide bonds. The minimum absolute atomic E-state index is 0.128. The first-order valence-electron chi connectivity index (χ1n) is 6.33. The van der Waals surface area contributed by atoms with Crippen LogP contribution in [-0.4, -0.2) is 49.3 Å². The Morgan fingerprint density at radius 3 is 1.93 bits per heavy atom. The molecule has 83 valence electrons. The van der Waals surface area contributed by atoms with Gasteiger partial charge in [-0.05, 0) is 51.9 Å². The van der Waals surface area contributed by atoms with E-state index in [1.165, 1.54) is 64.7 Å². The molecule has 0 aromatic heterocycles. The lowest BCUT2D eigenvalue weighted by Crippen LogP contribution is -2.50. The third-order valence-electron chi connectivity index (χ3n) is 3.46. The highest BCUT2D eigenvalue weighted by Crippen LogP contribution is 2.14. The summed E-state index contributed by atoms with van der Waals surface area (Å²) in [4.78, 5) is 4.81. The van der Waals surface area contributed by atoms with Gasteiger partial charge >= 0.3 is 6.15 Å². The van der Waals surface area contributed by atoms with Crippen LogP contribution in [0.2, 0.25) is 0 Å². The number of piperidine rings is 2. The molecule has 0 aromatic rings. The fourth-order valence-corrected chi connectivity index (χ4v) is 2.86. The lowest BCUT2D eigenvalue weighted by Gasteiger charge is -2.33. The predicted octanol–water partition coefficient (Wildman–Crippen LogP) is 1.80. The van der Waals surface area contributed by atoms with Gasteiger partial charge in [0.25, 0.3) is 0 Å². The van der Waals surface area contributed by atoms with E-state index in [0.29, 0.717) is 0 Å². The van der Waals surface area contributed by atoms with E-state index < -0.39 is 0 Å². The third kappa shape index (κ3) is 3.69. The molecule has 5 heteroatoms. The van der Waals surface area contributed by atoms with Gasteiger partial charge in [-0.25, -0.2) is 0 Å². The summed E-state index contributed by atoms with van der Waals surface area (Å²) in [6.07, 6.45) is 8.20. The zero-order valence-electron chi connectivity index (χ0n) is 9.50. The number of nitrogens with zero attached hydrogens (tertiary/aromatic N) is 2. The molecule has 0 spiro atoms. The molecule has 2 aliphatic rings. The monoisotopic (exact) mass is 225 g/mol. The predicted molar refractivity (Wildman–Crippen MR) is 68.2 cm³/mol. The smallest absolute Gasteiger partial charge is 0.306 e. The summed E-state index contributed by atoms with van der Waals surface area (Å²) in [5.74, 6) is 0. The Balaban J connectivity index is 1.72. The van der Waals surface area contributed by atoms with E-state index in [0.717, 1.165) is 0 Å². The van der Waals surface area contributed by atoms with Crippen molar-refractivity contribution in [1.29, 1.82) is 0 Å². The van der Waals surface area contributed by atoms with Crippen LogP contribution in [0.5, 0.6) is 0 Å². The summed E-state index contributed by atoms with van der Waals surface area (Å²) in [5.41, 5.74) is 0. The lowest BCUT2D eigenvalue weighted by molar-refractivity contribution is 0.349. The van der Waals surface area contributed by atoms with Crippen molar-refractivity contribution in [3.8, 4) is 0 Å². The van der Waals surface area contributed by atoms with Crippen LogP contribution in [0, 0.1) is 0 Å². The van der Waals surface area contributed by atoms with E-state index in [1.54, 1.807) is 0 Å². The molecule has 2 nitrogen and oxygen atoms in total. The van der Waals surface area contributed by atoms with E-state index in [2.05, 4.69) is 16.9 Å². The zero-order chi connectivity index (χ0) is 10.5. The number of hydrogen-bond acceptors (Lipinski definition) is 2. The number of hydrogen-bond donors (Lipinski definition) is 0. The van der Waals surface area contributed by atoms with Crippen molar-refractivity contribution >= 4 is 24.9 Å². The summed E-state index contributed by atoms with van der Waals surface area (Å²) in [5, 5.41) is 0. The van der Waals surface area contributed by atoms with Crippen molar-refractivity contribution in [3.05, 3.63) is 0 Å². The third-order valence-corrected chi connectivity index (χ3v) is 3.85. The normalized spacial score (nSPS) is 25.1. The molecule has 0 bridgehead atoms. The molecule has 0 aromatic carbocycles. The molecule has 2 heterocycles. The van der Waals surface area contributed by atoms with E-state index in [1.807, 2.05) is 0 Å². The lowest BCUT2D eigenvalue weighted by atomic mass is 9.50. The van der Waals surface area contributed by atoms with Gasteiger partial charge in [-0.2, -0.15) is 11.5 Å². The fourth-order valence-electron chi connectivity index (χ4n) is 2.50. The average Bonchev–Trinajstić information content (AvgIpc) is 2.31. The van der Waals surface area contributed by atoms with Gasteiger partial charge < -0.3 is 9.62 Å². The van der Waals surface area contributed by atoms with Gasteiger partial charge in [-0.15, -0.1) is 0 Å². The number of halogens is 1. The van der Waals surface area contributed by atoms with Crippen LogP contribution in [-0.2, 0) is 0 Å². The van der Waals surface area contributed by atoms with Crippen LogP contribution in [0.25, 0.3) is 0 Å². The summed E-state index contributed by atoms with van der Waals surface area (Å²) in [6.45, 7) is 4.77. The topological polar surface area (TPSA) is 6.48 Å². The minimum Gasteiger partial charge on any atom is -0.351 e. The van der Waals surface area contributed by atoms with Crippen molar-refractivity contribution < 1.29 is 0 Å². The van der Waals surface area contributed by atoms with Crippen LogP contribution in [0.1, 0.15) is 38.5 Å². The molecule has 2 rings (SSSR count). The summed E-state index contributed by atoms with van der Waals surface area (Å²) in [7, 11) is 2.24. The average molecular weight is 225 g/mol. The second-order valence-electron chi connectivity index (χ2n) is 4.71. The number of rotatable bonds is 3. The van der Waals surface area contributed by atoms with Crippen molar-refractivity contribution in [3.63, 3.8) is 0 Å². The molecule has 0 N–H and O–H groups in total. The van der Waals surface area contributed by atoms with Crippen LogP contribution < -0.4 is 0 Å². The van der Waals surface area contributed by atoms with Crippen LogP contribution in [0.4, 0.5) is 0 Å². The van der Waals surface area contributed by atoms with Gasteiger partial charge in [0.05, 0.1) is 0 Å². The summed E-state index contributed by atoms with van der Waals surface area (Å²) in [6, 6.07) is 0. The fraction of sp³-hybridized carbons (Fsp3) is 1.00. The van der Waals surface area contributed by atoms with Crippen molar-refractivity contribution in [2.24, 2.45) is 0 Å². The van der Waals surface area contributed by atoms with Gasteiger partial charge in [0.1, 0.15) is 0 Å². The minimum atomic E-state index is 0.128. The molecular formula is C10H20B2ClN2. The Kier molecular flexibility index (Phi) is 4.86. The molecule has 0 saturated carbocycles. The van der Waals surface area contributed by atoms with Gasteiger partial charge in [0, 0.05) is 0 Å². The molecule has 2 fully saturated rings. The van der Waals surface area contributed by atoms with Gasteiger partial charge in [-0.1, -0.05) is 12.8 Å². The first-order chi connectivity index (χ1) is 7.36. The van der Waals surface area contributed by atoms with E-state index in [4.69, 9.17) is 11.5 Å². The standard InChI is InChI=1S/C10H20B2ClN2/c13-12(15-9-5-2-6-10-15)11-14-7-3-1-4-8-14/h1-10H2. The molecule has 0 unspecified atom stereocenters. The Hall–Kier alpha value is 0.340. The molecule has 0 aliphatic carbocycles. The highest BCUT2D eigenvalue weighted by atomic mass is 35.5. The molecular weight excluding hydrogens is 205 g/mol. The second-order valence-corrected chi connectivity index (χ2v) is 5.16.